The minimum atomic E-state index is -4.50. The molecule has 0 N–H and O–H groups in total. The standard InChI is InChI=1S/C21H13Cl2F3N2O3S/c22-17-6-4-14(8-18(17)23)12-31-27-11-13-5-7-20(19(9-13)28(29)30)32-16-3-1-2-15(10-16)21(24,25)26/h1-11H,12H2. The van der Waals surface area contributed by atoms with Crippen LogP contribution >= 0.6 is 35.0 Å². The van der Waals surface area contributed by atoms with Gasteiger partial charge in [-0.3, -0.25) is 10.1 Å². The minimum absolute atomic E-state index is 0.110. The van der Waals surface area contributed by atoms with Crippen molar-refractivity contribution in [1.29, 1.82) is 0 Å². The predicted molar refractivity (Wildman–Crippen MR) is 118 cm³/mol. The molecule has 0 atom stereocenters. The first-order valence-corrected chi connectivity index (χ1v) is 10.4. The normalized spacial score (nSPS) is 11.7. The SMILES string of the molecule is O=[N+]([O-])c1cc(C=NOCc2ccc(Cl)c(Cl)c2)ccc1Sc1cccc(C(F)(F)F)c1. The van der Waals surface area contributed by atoms with Gasteiger partial charge in [0.25, 0.3) is 5.69 Å². The minimum Gasteiger partial charge on any atom is -0.391 e. The van der Waals surface area contributed by atoms with Crippen LogP contribution in [0, 0.1) is 10.1 Å². The Morgan fingerprint density at radius 3 is 2.53 bits per heavy atom. The molecule has 5 nitrogen and oxygen atoms in total. The number of oxime groups is 1. The van der Waals surface area contributed by atoms with Gasteiger partial charge in [0.15, 0.2) is 0 Å². The summed E-state index contributed by atoms with van der Waals surface area (Å²) in [6.45, 7) is 0.110. The molecule has 166 valence electrons. The zero-order chi connectivity index (χ0) is 23.3. The summed E-state index contributed by atoms with van der Waals surface area (Å²) in [6, 6.07) is 13.8. The van der Waals surface area contributed by atoms with Gasteiger partial charge in [-0.1, -0.05) is 58.3 Å². The number of nitrogens with zero attached hydrogens (tertiary/aromatic N) is 2. The molecule has 0 aliphatic carbocycles. The van der Waals surface area contributed by atoms with Crippen LogP contribution in [-0.2, 0) is 17.6 Å². The van der Waals surface area contributed by atoms with E-state index in [9.17, 15) is 23.3 Å². The van der Waals surface area contributed by atoms with E-state index in [4.69, 9.17) is 28.0 Å². The number of nitro benzene ring substituents is 1. The molecule has 0 fully saturated rings. The Kier molecular flexibility index (Phi) is 7.65. The van der Waals surface area contributed by atoms with Crippen molar-refractivity contribution in [2.75, 3.05) is 0 Å². The zero-order valence-electron chi connectivity index (χ0n) is 16.0. The topological polar surface area (TPSA) is 64.7 Å². The second kappa shape index (κ2) is 10.2. The van der Waals surface area contributed by atoms with Crippen molar-refractivity contribution in [2.24, 2.45) is 5.16 Å². The second-order valence-corrected chi connectivity index (χ2v) is 8.30. The lowest BCUT2D eigenvalue weighted by Crippen LogP contribution is -2.04. The number of halogens is 5. The highest BCUT2D eigenvalue weighted by Gasteiger charge is 2.30. The number of alkyl halides is 3. The lowest BCUT2D eigenvalue weighted by molar-refractivity contribution is -0.387. The van der Waals surface area contributed by atoms with Crippen molar-refractivity contribution in [2.45, 2.75) is 22.6 Å². The highest BCUT2D eigenvalue weighted by molar-refractivity contribution is 7.99. The third-order valence-electron chi connectivity index (χ3n) is 4.06. The largest absolute Gasteiger partial charge is 0.416 e. The third-order valence-corrected chi connectivity index (χ3v) is 5.85. The van der Waals surface area contributed by atoms with Gasteiger partial charge in [0.2, 0.25) is 0 Å². The monoisotopic (exact) mass is 500 g/mol. The Morgan fingerprint density at radius 2 is 1.84 bits per heavy atom. The Bertz CT molecular complexity index is 1170. The summed E-state index contributed by atoms with van der Waals surface area (Å²) in [7, 11) is 0. The average molecular weight is 501 g/mol. The predicted octanol–water partition coefficient (Wildman–Crippen LogP) is 7.62. The van der Waals surface area contributed by atoms with Crippen LogP contribution in [0.25, 0.3) is 0 Å². The van der Waals surface area contributed by atoms with Crippen LogP contribution in [0.3, 0.4) is 0 Å². The summed E-state index contributed by atoms with van der Waals surface area (Å²) in [4.78, 5) is 16.5. The van der Waals surface area contributed by atoms with Gasteiger partial charge < -0.3 is 4.84 Å². The summed E-state index contributed by atoms with van der Waals surface area (Å²) in [6.07, 6.45) is -3.20. The third kappa shape index (κ3) is 6.38. The highest BCUT2D eigenvalue weighted by Crippen LogP contribution is 2.38. The molecule has 32 heavy (non-hydrogen) atoms. The van der Waals surface area contributed by atoms with E-state index in [1.165, 1.54) is 30.5 Å². The fourth-order valence-corrected chi connectivity index (χ4v) is 3.83. The van der Waals surface area contributed by atoms with E-state index in [0.717, 1.165) is 29.5 Å². The van der Waals surface area contributed by atoms with Gasteiger partial charge >= 0.3 is 6.18 Å². The second-order valence-electron chi connectivity index (χ2n) is 6.37. The number of rotatable bonds is 7. The maximum absolute atomic E-state index is 12.9. The molecule has 11 heteroatoms. The molecule has 0 unspecified atom stereocenters. The number of benzene rings is 3. The highest BCUT2D eigenvalue weighted by atomic mass is 35.5. The van der Waals surface area contributed by atoms with Crippen LogP contribution in [0.1, 0.15) is 16.7 Å². The van der Waals surface area contributed by atoms with E-state index in [1.54, 1.807) is 24.3 Å². The van der Waals surface area contributed by atoms with Crippen molar-refractivity contribution in [3.05, 3.63) is 97.5 Å². The van der Waals surface area contributed by atoms with Crippen molar-refractivity contribution in [3.8, 4) is 0 Å². The fourth-order valence-electron chi connectivity index (χ4n) is 2.55. The van der Waals surface area contributed by atoms with Gasteiger partial charge in [-0.05, 0) is 42.0 Å². The van der Waals surface area contributed by atoms with Crippen molar-refractivity contribution in [1.82, 2.24) is 0 Å². The summed E-state index contributed by atoms with van der Waals surface area (Å²) in [5, 5.41) is 16.1. The summed E-state index contributed by atoms with van der Waals surface area (Å²) in [5.74, 6) is 0. The summed E-state index contributed by atoms with van der Waals surface area (Å²) in [5.41, 5.74) is 0.0310. The first-order chi connectivity index (χ1) is 15.1. The van der Waals surface area contributed by atoms with Crippen LogP contribution in [0.2, 0.25) is 10.0 Å². The quantitative estimate of drug-likeness (QED) is 0.190. The van der Waals surface area contributed by atoms with Crippen molar-refractivity contribution < 1.29 is 22.9 Å². The van der Waals surface area contributed by atoms with Gasteiger partial charge in [-0.2, -0.15) is 13.2 Å². The van der Waals surface area contributed by atoms with E-state index >= 15 is 0 Å². The van der Waals surface area contributed by atoms with Gasteiger partial charge in [-0.15, -0.1) is 0 Å². The molecule has 0 radical (unpaired) electrons. The molecule has 0 heterocycles. The lowest BCUT2D eigenvalue weighted by Gasteiger charge is -2.09. The van der Waals surface area contributed by atoms with E-state index in [2.05, 4.69) is 5.16 Å². The van der Waals surface area contributed by atoms with Crippen LogP contribution in [0.4, 0.5) is 18.9 Å². The molecule has 0 aliphatic rings. The first-order valence-electron chi connectivity index (χ1n) is 8.86. The van der Waals surface area contributed by atoms with Crippen molar-refractivity contribution in [3.63, 3.8) is 0 Å². The molecular formula is C21H13Cl2F3N2O3S. The smallest absolute Gasteiger partial charge is 0.391 e. The maximum Gasteiger partial charge on any atom is 0.416 e. The Labute approximate surface area is 194 Å². The summed E-state index contributed by atoms with van der Waals surface area (Å²) >= 11 is 12.6. The first kappa shape index (κ1) is 23.9. The molecule has 0 amide bonds. The molecule has 0 aliphatic heterocycles. The molecule has 3 aromatic rings. The molecule has 3 rings (SSSR count). The van der Waals surface area contributed by atoms with Crippen LogP contribution in [-0.4, -0.2) is 11.1 Å². The fraction of sp³-hybridized carbons (Fsp3) is 0.0952. The van der Waals surface area contributed by atoms with Gasteiger partial charge in [0.1, 0.15) is 6.61 Å². The van der Waals surface area contributed by atoms with Crippen molar-refractivity contribution >= 4 is 46.9 Å². The average Bonchev–Trinajstić information content (AvgIpc) is 2.74. The molecule has 0 saturated heterocycles. The molecule has 0 aromatic heterocycles. The lowest BCUT2D eigenvalue weighted by atomic mass is 10.2. The zero-order valence-corrected chi connectivity index (χ0v) is 18.3. The Balaban J connectivity index is 1.72. The van der Waals surface area contributed by atoms with E-state index in [1.807, 2.05) is 0 Å². The van der Waals surface area contributed by atoms with Gasteiger partial charge in [0, 0.05) is 16.5 Å². The van der Waals surface area contributed by atoms with Gasteiger partial charge in [0.05, 0.1) is 31.6 Å². The maximum atomic E-state index is 12.9. The Morgan fingerprint density at radius 1 is 1.06 bits per heavy atom. The van der Waals surface area contributed by atoms with Crippen LogP contribution in [0.5, 0.6) is 0 Å². The van der Waals surface area contributed by atoms with Crippen LogP contribution < -0.4 is 0 Å². The molecular weight excluding hydrogens is 488 g/mol. The van der Waals surface area contributed by atoms with Crippen LogP contribution in [0.15, 0.2) is 75.6 Å². The molecule has 0 bridgehead atoms. The van der Waals surface area contributed by atoms with E-state index in [0.29, 0.717) is 15.6 Å². The van der Waals surface area contributed by atoms with E-state index < -0.39 is 16.7 Å². The molecule has 3 aromatic carbocycles. The number of nitro groups is 1. The number of hydrogen-bond acceptors (Lipinski definition) is 5. The van der Waals surface area contributed by atoms with Gasteiger partial charge in [-0.25, -0.2) is 0 Å². The Hall–Kier alpha value is -2.75. The number of hydrogen-bond donors (Lipinski definition) is 0. The van der Waals surface area contributed by atoms with E-state index in [-0.39, 0.29) is 22.1 Å². The molecule has 0 saturated carbocycles. The molecule has 0 spiro atoms. The summed E-state index contributed by atoms with van der Waals surface area (Å²) < 4.78 is 38.7.